The second-order valence-corrected chi connectivity index (χ2v) is 19.9. The zero-order chi connectivity index (χ0) is 53.6. The van der Waals surface area contributed by atoms with Gasteiger partial charge >= 0.3 is 17.9 Å². The van der Waals surface area contributed by atoms with Gasteiger partial charge in [0.25, 0.3) is 0 Å². The number of rotatable bonds is 54. The molecule has 0 saturated carbocycles. The molecule has 0 aromatic carbocycles. The molecule has 0 rings (SSSR count). The quantitative estimate of drug-likeness (QED) is 0.0261. The molecule has 0 N–H and O–H groups in total. The molecule has 0 amide bonds. The molecule has 0 fully saturated rings. The first-order chi connectivity index (χ1) is 36.5. The minimum absolute atomic E-state index is 0.0948. The fourth-order valence-electron chi connectivity index (χ4n) is 8.13. The van der Waals surface area contributed by atoms with E-state index in [-0.39, 0.29) is 31.1 Å². The topological polar surface area (TPSA) is 78.9 Å². The minimum Gasteiger partial charge on any atom is -0.462 e. The molecule has 0 heterocycles. The van der Waals surface area contributed by atoms with Gasteiger partial charge in [-0.05, 0) is 116 Å². The SMILES string of the molecule is CC/C=C\C/C=C\C/C=C\C/C=C\C/C=C\C/C=C\C/C=C\C/C=C\CCCCC(=O)OCC(COC(=O)CCCCCCCCCC)OC(=O)CCCCCCCCCCC/C=C\C/C=C\CCCCCCC. The average Bonchev–Trinajstić information content (AvgIpc) is 3.40. The summed E-state index contributed by atoms with van der Waals surface area (Å²) in [6, 6.07) is 0. The van der Waals surface area contributed by atoms with Gasteiger partial charge in [-0.25, -0.2) is 0 Å². The molecular formula is C68H112O6. The number of unbranched alkanes of at least 4 members (excludes halogenated alkanes) is 23. The molecule has 74 heavy (non-hydrogen) atoms. The van der Waals surface area contributed by atoms with Gasteiger partial charge in [0.05, 0.1) is 0 Å². The molecule has 1 atom stereocenters. The largest absolute Gasteiger partial charge is 0.462 e. The normalized spacial score (nSPS) is 13.0. The van der Waals surface area contributed by atoms with Gasteiger partial charge in [-0.2, -0.15) is 0 Å². The van der Waals surface area contributed by atoms with Gasteiger partial charge < -0.3 is 14.2 Å². The van der Waals surface area contributed by atoms with Crippen molar-refractivity contribution in [3.8, 4) is 0 Å². The van der Waals surface area contributed by atoms with Crippen LogP contribution in [0.2, 0.25) is 0 Å². The van der Waals surface area contributed by atoms with Crippen molar-refractivity contribution >= 4 is 17.9 Å². The number of carbonyl (C=O) groups is 3. The fraction of sp³-hybridized carbons (Fsp3) is 0.662. The maximum absolute atomic E-state index is 12.9. The van der Waals surface area contributed by atoms with E-state index >= 15 is 0 Å². The lowest BCUT2D eigenvalue weighted by Crippen LogP contribution is -2.30. The number of hydrogen-bond acceptors (Lipinski definition) is 6. The average molecular weight is 1030 g/mol. The third-order valence-electron chi connectivity index (χ3n) is 12.7. The van der Waals surface area contributed by atoms with Crippen LogP contribution >= 0.6 is 0 Å². The van der Waals surface area contributed by atoms with Crippen molar-refractivity contribution in [2.75, 3.05) is 13.2 Å². The van der Waals surface area contributed by atoms with Gasteiger partial charge in [-0.1, -0.05) is 258 Å². The molecule has 0 aliphatic carbocycles. The highest BCUT2D eigenvalue weighted by Crippen LogP contribution is 2.15. The van der Waals surface area contributed by atoms with E-state index in [2.05, 4.69) is 142 Å². The number of esters is 3. The standard InChI is InChI=1S/C68H112O6/c1-4-7-10-13-16-19-21-23-25-27-29-31-32-33-34-35-36-38-39-41-43-45-47-49-52-55-58-61-67(70)73-64-65(63-72-66(69)60-57-54-51-18-15-12-9-6-3)74-68(71)62-59-56-53-50-48-46-44-42-40-37-30-28-26-24-22-20-17-14-11-8-5-2/h7,10,16,19,22-25,28-31,33-34,36,38,41,43,47,49,65H,4-6,8-9,11-15,17-18,20-21,26-27,32,35,37,39-40,42,44-46,48,50-64H2,1-3H3/b10-7-,19-16-,24-22-,25-23-,30-28-,31-29-,34-33-,38-36-,43-41-,49-47-. The Morgan fingerprint density at radius 3 is 0.851 bits per heavy atom. The zero-order valence-corrected chi connectivity index (χ0v) is 48.1. The van der Waals surface area contributed by atoms with E-state index in [0.29, 0.717) is 19.3 Å². The van der Waals surface area contributed by atoms with Gasteiger partial charge in [0.2, 0.25) is 0 Å². The Labute approximate surface area is 456 Å². The highest BCUT2D eigenvalue weighted by Gasteiger charge is 2.19. The zero-order valence-electron chi connectivity index (χ0n) is 48.1. The molecule has 6 heteroatoms. The molecule has 0 bridgehead atoms. The Bertz CT molecular complexity index is 1550. The number of allylic oxidation sites excluding steroid dienone is 20. The lowest BCUT2D eigenvalue weighted by molar-refractivity contribution is -0.167. The summed E-state index contributed by atoms with van der Waals surface area (Å²) >= 11 is 0. The summed E-state index contributed by atoms with van der Waals surface area (Å²) in [5.74, 6) is -0.949. The van der Waals surface area contributed by atoms with Crippen molar-refractivity contribution in [2.45, 2.75) is 277 Å². The van der Waals surface area contributed by atoms with Crippen LogP contribution in [0.25, 0.3) is 0 Å². The first kappa shape index (κ1) is 69.8. The van der Waals surface area contributed by atoms with Crippen LogP contribution in [0.15, 0.2) is 122 Å². The van der Waals surface area contributed by atoms with E-state index in [1.165, 1.54) is 116 Å². The van der Waals surface area contributed by atoms with Crippen molar-refractivity contribution in [3.05, 3.63) is 122 Å². The van der Waals surface area contributed by atoms with Gasteiger partial charge in [0.1, 0.15) is 13.2 Å². The van der Waals surface area contributed by atoms with Crippen LogP contribution in [0.3, 0.4) is 0 Å². The van der Waals surface area contributed by atoms with Gasteiger partial charge in [-0.3, -0.25) is 14.4 Å². The first-order valence-corrected chi connectivity index (χ1v) is 30.5. The van der Waals surface area contributed by atoms with Gasteiger partial charge in [0, 0.05) is 19.3 Å². The van der Waals surface area contributed by atoms with Crippen LogP contribution in [0.4, 0.5) is 0 Å². The van der Waals surface area contributed by atoms with Crippen LogP contribution in [-0.2, 0) is 28.6 Å². The lowest BCUT2D eigenvalue weighted by Gasteiger charge is -2.18. The second-order valence-electron chi connectivity index (χ2n) is 19.9. The molecule has 0 radical (unpaired) electrons. The predicted octanol–water partition coefficient (Wildman–Crippen LogP) is 20.8. The van der Waals surface area contributed by atoms with Crippen LogP contribution in [0.1, 0.15) is 271 Å². The Balaban J connectivity index is 4.33. The summed E-state index contributed by atoms with van der Waals surface area (Å²) in [7, 11) is 0. The van der Waals surface area contributed by atoms with Crippen LogP contribution < -0.4 is 0 Å². The summed E-state index contributed by atoms with van der Waals surface area (Å²) in [5, 5.41) is 0. The Morgan fingerprint density at radius 2 is 0.527 bits per heavy atom. The van der Waals surface area contributed by atoms with E-state index in [1.54, 1.807) is 0 Å². The fourth-order valence-corrected chi connectivity index (χ4v) is 8.13. The summed E-state index contributed by atoms with van der Waals surface area (Å²) in [6.07, 6.45) is 85.0. The first-order valence-electron chi connectivity index (χ1n) is 30.5. The molecule has 420 valence electrons. The third-order valence-corrected chi connectivity index (χ3v) is 12.7. The Kier molecular flexibility index (Phi) is 57.9. The molecule has 1 unspecified atom stereocenters. The van der Waals surface area contributed by atoms with E-state index < -0.39 is 6.10 Å². The summed E-state index contributed by atoms with van der Waals surface area (Å²) in [6.45, 7) is 6.45. The molecule has 0 spiro atoms. The summed E-state index contributed by atoms with van der Waals surface area (Å²) in [4.78, 5) is 38.1. The van der Waals surface area contributed by atoms with E-state index in [9.17, 15) is 14.4 Å². The number of ether oxygens (including phenoxy) is 3. The van der Waals surface area contributed by atoms with Gasteiger partial charge in [-0.15, -0.1) is 0 Å². The maximum Gasteiger partial charge on any atom is 0.306 e. The summed E-state index contributed by atoms with van der Waals surface area (Å²) < 4.78 is 16.8. The summed E-state index contributed by atoms with van der Waals surface area (Å²) in [5.41, 5.74) is 0. The molecular weight excluding hydrogens is 913 g/mol. The van der Waals surface area contributed by atoms with E-state index in [0.717, 1.165) is 116 Å². The highest BCUT2D eigenvalue weighted by molar-refractivity contribution is 5.71. The van der Waals surface area contributed by atoms with Crippen LogP contribution in [0.5, 0.6) is 0 Å². The number of carbonyl (C=O) groups excluding carboxylic acids is 3. The van der Waals surface area contributed by atoms with Crippen LogP contribution in [0, 0.1) is 0 Å². The maximum atomic E-state index is 12.9. The van der Waals surface area contributed by atoms with E-state index in [1.807, 2.05) is 0 Å². The Hall–Kier alpha value is -4.19. The molecule has 0 aliphatic heterocycles. The second kappa shape index (κ2) is 61.4. The van der Waals surface area contributed by atoms with Crippen molar-refractivity contribution < 1.29 is 28.6 Å². The van der Waals surface area contributed by atoms with Crippen molar-refractivity contribution in [1.82, 2.24) is 0 Å². The molecule has 0 saturated heterocycles. The smallest absolute Gasteiger partial charge is 0.306 e. The van der Waals surface area contributed by atoms with Crippen molar-refractivity contribution in [1.29, 1.82) is 0 Å². The van der Waals surface area contributed by atoms with Crippen molar-refractivity contribution in [2.24, 2.45) is 0 Å². The molecule has 0 aliphatic rings. The molecule has 0 aromatic rings. The highest BCUT2D eigenvalue weighted by atomic mass is 16.6. The molecule has 0 aromatic heterocycles. The third kappa shape index (κ3) is 58.7. The lowest BCUT2D eigenvalue weighted by atomic mass is 10.1. The monoisotopic (exact) mass is 1020 g/mol. The minimum atomic E-state index is -0.799. The Morgan fingerprint density at radius 1 is 0.284 bits per heavy atom. The predicted molar refractivity (Wildman–Crippen MR) is 320 cm³/mol. The van der Waals surface area contributed by atoms with Gasteiger partial charge in [0.15, 0.2) is 6.10 Å². The van der Waals surface area contributed by atoms with E-state index in [4.69, 9.17) is 14.2 Å². The number of hydrogen-bond donors (Lipinski definition) is 0. The van der Waals surface area contributed by atoms with Crippen LogP contribution in [-0.4, -0.2) is 37.2 Å². The van der Waals surface area contributed by atoms with Crippen molar-refractivity contribution in [3.63, 3.8) is 0 Å². The molecule has 6 nitrogen and oxygen atoms in total.